The molecule has 8 heteroatoms. The Labute approximate surface area is 207 Å². The molecule has 0 saturated carbocycles. The molecule has 1 N–H and O–H groups in total. The van der Waals surface area contributed by atoms with Crippen molar-refractivity contribution in [1.82, 2.24) is 4.90 Å². The molecule has 3 aromatic rings. The van der Waals surface area contributed by atoms with E-state index in [1.807, 2.05) is 74.4 Å². The van der Waals surface area contributed by atoms with Gasteiger partial charge in [-0.05, 0) is 62.5 Å². The van der Waals surface area contributed by atoms with Crippen LogP contribution in [0, 0.1) is 6.92 Å². The predicted molar refractivity (Wildman–Crippen MR) is 142 cm³/mol. The number of amides is 1. The molecule has 1 aliphatic rings. The molecule has 182 valence electrons. The molecular formula is C27H30N4O3S. The fourth-order valence-corrected chi connectivity index (χ4v) is 5.03. The molecule has 1 heterocycles. The van der Waals surface area contributed by atoms with E-state index in [0.717, 1.165) is 22.4 Å². The predicted octanol–water partition coefficient (Wildman–Crippen LogP) is 4.18. The number of para-hydroxylation sites is 1. The Kier molecular flexibility index (Phi) is 7.05. The summed E-state index contributed by atoms with van der Waals surface area (Å²) in [4.78, 5) is 19.9. The Morgan fingerprint density at radius 1 is 0.943 bits per heavy atom. The van der Waals surface area contributed by atoms with Crippen LogP contribution in [0.5, 0.6) is 0 Å². The van der Waals surface area contributed by atoms with Crippen LogP contribution >= 0.6 is 0 Å². The Balaban J connectivity index is 1.74. The third-order valence-corrected chi connectivity index (χ3v) is 7.14. The minimum absolute atomic E-state index is 0.117. The standard InChI is InChI=1S/C27H30N4O3S/c1-19-9-11-20(12-10-19)26(25-23-7-5-6-8-24(23)29-27(25)32)28-21-13-15-22(16-14-21)31(35(4,33)34)18-17-30(2)3/h5-16,25H,17-18H2,1-4H3,(H,29,32). The molecule has 0 fully saturated rings. The van der Waals surface area contributed by atoms with Crippen LogP contribution in [0.2, 0.25) is 0 Å². The van der Waals surface area contributed by atoms with Gasteiger partial charge in [-0.1, -0.05) is 48.0 Å². The SMILES string of the molecule is Cc1ccc(C(=Nc2ccc(N(CCN(C)C)S(C)(=O)=O)cc2)C2C(=O)Nc3ccccc32)cc1. The number of rotatable bonds is 8. The van der Waals surface area contributed by atoms with Crippen molar-refractivity contribution in [2.45, 2.75) is 12.8 Å². The summed E-state index contributed by atoms with van der Waals surface area (Å²) < 4.78 is 26.2. The second-order valence-electron chi connectivity index (χ2n) is 9.03. The summed E-state index contributed by atoms with van der Waals surface area (Å²) in [6.07, 6.45) is 1.21. The van der Waals surface area contributed by atoms with Crippen molar-refractivity contribution >= 4 is 38.7 Å². The number of sulfonamides is 1. The number of likely N-dealkylation sites (N-methyl/N-ethyl adjacent to an activating group) is 1. The second-order valence-corrected chi connectivity index (χ2v) is 10.9. The molecule has 0 saturated heterocycles. The third-order valence-electron chi connectivity index (χ3n) is 5.95. The van der Waals surface area contributed by atoms with E-state index in [1.54, 1.807) is 24.3 Å². The number of carbonyl (C=O) groups excluding carboxylic acids is 1. The van der Waals surface area contributed by atoms with E-state index in [4.69, 9.17) is 4.99 Å². The van der Waals surface area contributed by atoms with Crippen LogP contribution in [0.1, 0.15) is 22.6 Å². The first-order valence-electron chi connectivity index (χ1n) is 11.4. The topological polar surface area (TPSA) is 82.1 Å². The van der Waals surface area contributed by atoms with Crippen molar-refractivity contribution in [1.29, 1.82) is 0 Å². The van der Waals surface area contributed by atoms with Gasteiger partial charge in [-0.2, -0.15) is 0 Å². The van der Waals surface area contributed by atoms with Crippen LogP contribution < -0.4 is 9.62 Å². The van der Waals surface area contributed by atoms with Gasteiger partial charge in [-0.25, -0.2) is 8.42 Å². The van der Waals surface area contributed by atoms with Crippen molar-refractivity contribution in [2.24, 2.45) is 4.99 Å². The van der Waals surface area contributed by atoms with Crippen molar-refractivity contribution in [3.05, 3.63) is 89.5 Å². The lowest BCUT2D eigenvalue weighted by molar-refractivity contribution is -0.115. The zero-order chi connectivity index (χ0) is 25.2. The number of hydrogen-bond acceptors (Lipinski definition) is 5. The van der Waals surface area contributed by atoms with Crippen LogP contribution in [-0.2, 0) is 14.8 Å². The third kappa shape index (κ3) is 5.61. The molecule has 0 aliphatic carbocycles. The number of benzene rings is 3. The molecule has 7 nitrogen and oxygen atoms in total. The lowest BCUT2D eigenvalue weighted by Crippen LogP contribution is -2.35. The van der Waals surface area contributed by atoms with Gasteiger partial charge in [0.2, 0.25) is 15.9 Å². The summed E-state index contributed by atoms with van der Waals surface area (Å²) >= 11 is 0. The maximum Gasteiger partial charge on any atom is 0.238 e. The number of nitrogens with zero attached hydrogens (tertiary/aromatic N) is 3. The smallest absolute Gasteiger partial charge is 0.238 e. The van der Waals surface area contributed by atoms with E-state index in [-0.39, 0.29) is 5.91 Å². The number of aryl methyl sites for hydroxylation is 1. The van der Waals surface area contributed by atoms with Crippen LogP contribution in [0.25, 0.3) is 0 Å². The van der Waals surface area contributed by atoms with Crippen molar-refractivity contribution < 1.29 is 13.2 Å². The normalized spacial score (nSPS) is 15.7. The molecular weight excluding hydrogens is 460 g/mol. The van der Waals surface area contributed by atoms with Crippen LogP contribution in [0.15, 0.2) is 77.8 Å². The number of aliphatic imine (C=N–C) groups is 1. The zero-order valence-corrected chi connectivity index (χ0v) is 21.2. The molecule has 0 spiro atoms. The average Bonchev–Trinajstić information content (AvgIpc) is 3.13. The lowest BCUT2D eigenvalue weighted by atomic mass is 9.90. The number of carbonyl (C=O) groups is 1. The monoisotopic (exact) mass is 490 g/mol. The Hall–Kier alpha value is -3.49. The molecule has 1 unspecified atom stereocenters. The van der Waals surface area contributed by atoms with Gasteiger partial charge in [-0.3, -0.25) is 14.1 Å². The van der Waals surface area contributed by atoms with Crippen LogP contribution in [0.3, 0.4) is 0 Å². The number of anilines is 2. The largest absolute Gasteiger partial charge is 0.325 e. The molecule has 0 aromatic heterocycles. The number of fused-ring (bicyclic) bond motifs is 1. The van der Waals surface area contributed by atoms with Gasteiger partial charge in [0.25, 0.3) is 0 Å². The highest BCUT2D eigenvalue weighted by molar-refractivity contribution is 7.92. The molecule has 1 amide bonds. The fraction of sp³-hybridized carbons (Fsp3) is 0.259. The maximum absolute atomic E-state index is 13.0. The molecule has 0 radical (unpaired) electrons. The van der Waals surface area contributed by atoms with Gasteiger partial charge in [0.15, 0.2) is 0 Å². The average molecular weight is 491 g/mol. The summed E-state index contributed by atoms with van der Waals surface area (Å²) in [6, 6.07) is 22.7. The van der Waals surface area contributed by atoms with Gasteiger partial charge in [0.05, 0.1) is 23.3 Å². The summed E-state index contributed by atoms with van der Waals surface area (Å²) in [5.74, 6) is -0.657. The van der Waals surface area contributed by atoms with E-state index in [2.05, 4.69) is 5.32 Å². The summed E-state index contributed by atoms with van der Waals surface area (Å²) in [5, 5.41) is 2.96. The van der Waals surface area contributed by atoms with E-state index >= 15 is 0 Å². The van der Waals surface area contributed by atoms with Crippen molar-refractivity contribution in [3.63, 3.8) is 0 Å². The van der Waals surface area contributed by atoms with Gasteiger partial charge < -0.3 is 10.2 Å². The Morgan fingerprint density at radius 3 is 2.23 bits per heavy atom. The minimum atomic E-state index is -3.43. The fourth-order valence-electron chi connectivity index (χ4n) is 4.11. The van der Waals surface area contributed by atoms with Gasteiger partial charge in [-0.15, -0.1) is 0 Å². The first kappa shape index (κ1) is 24.6. The first-order chi connectivity index (χ1) is 16.6. The molecule has 35 heavy (non-hydrogen) atoms. The summed E-state index contributed by atoms with van der Waals surface area (Å²) in [5.41, 5.74) is 5.53. The zero-order valence-electron chi connectivity index (χ0n) is 20.4. The van der Waals surface area contributed by atoms with E-state index < -0.39 is 15.9 Å². The van der Waals surface area contributed by atoms with Crippen LogP contribution in [-0.4, -0.2) is 58.4 Å². The highest BCUT2D eigenvalue weighted by Gasteiger charge is 2.35. The maximum atomic E-state index is 13.0. The molecule has 3 aromatic carbocycles. The summed E-state index contributed by atoms with van der Waals surface area (Å²) in [6.45, 7) is 2.96. The van der Waals surface area contributed by atoms with Crippen molar-refractivity contribution in [3.8, 4) is 0 Å². The lowest BCUT2D eigenvalue weighted by Gasteiger charge is -2.24. The molecule has 4 rings (SSSR count). The van der Waals surface area contributed by atoms with Gasteiger partial charge in [0.1, 0.15) is 5.92 Å². The second kappa shape index (κ2) is 10.0. The Morgan fingerprint density at radius 2 is 1.60 bits per heavy atom. The molecule has 0 bridgehead atoms. The van der Waals surface area contributed by atoms with Gasteiger partial charge >= 0.3 is 0 Å². The van der Waals surface area contributed by atoms with Crippen molar-refractivity contribution in [2.75, 3.05) is 43.1 Å². The number of nitrogens with one attached hydrogen (secondary N) is 1. The highest BCUT2D eigenvalue weighted by Crippen LogP contribution is 2.36. The van der Waals surface area contributed by atoms with Gasteiger partial charge in [0, 0.05) is 18.8 Å². The molecule has 1 atom stereocenters. The first-order valence-corrected chi connectivity index (χ1v) is 13.3. The van der Waals surface area contributed by atoms with Crippen LogP contribution in [0.4, 0.5) is 17.1 Å². The minimum Gasteiger partial charge on any atom is -0.325 e. The van der Waals surface area contributed by atoms with E-state index in [9.17, 15) is 13.2 Å². The Bertz CT molecular complexity index is 1350. The quantitative estimate of drug-likeness (QED) is 0.480. The number of hydrogen-bond donors (Lipinski definition) is 1. The molecule has 1 aliphatic heterocycles. The van der Waals surface area contributed by atoms with E-state index in [0.29, 0.717) is 30.2 Å². The van der Waals surface area contributed by atoms with E-state index in [1.165, 1.54) is 10.6 Å². The highest BCUT2D eigenvalue weighted by atomic mass is 32.2. The summed E-state index contributed by atoms with van der Waals surface area (Å²) in [7, 11) is 0.377.